The summed E-state index contributed by atoms with van der Waals surface area (Å²) in [6.07, 6.45) is 6.15. The number of sulfonamides is 1. The summed E-state index contributed by atoms with van der Waals surface area (Å²) in [7, 11) is -3.18. The third-order valence-corrected chi connectivity index (χ3v) is 5.47. The first-order valence-electron chi connectivity index (χ1n) is 7.34. The van der Waals surface area contributed by atoms with Gasteiger partial charge < -0.3 is 10.1 Å². The third kappa shape index (κ3) is 5.02. The minimum Gasteiger partial charge on any atom is -0.374 e. The van der Waals surface area contributed by atoms with Crippen LogP contribution < -0.4 is 10.0 Å². The van der Waals surface area contributed by atoms with Crippen LogP contribution in [-0.2, 0) is 14.8 Å². The van der Waals surface area contributed by atoms with Crippen molar-refractivity contribution in [3.05, 3.63) is 0 Å². The van der Waals surface area contributed by atoms with E-state index >= 15 is 0 Å². The number of nitrogens with one attached hydrogen (secondary N) is 2. The first kappa shape index (κ1) is 15.2. The molecule has 0 aromatic carbocycles. The van der Waals surface area contributed by atoms with E-state index in [1.54, 1.807) is 0 Å². The van der Waals surface area contributed by atoms with Crippen LogP contribution in [0.3, 0.4) is 0 Å². The van der Waals surface area contributed by atoms with Crippen molar-refractivity contribution in [3.63, 3.8) is 0 Å². The number of hydrogen-bond donors (Lipinski definition) is 2. The zero-order valence-corrected chi connectivity index (χ0v) is 12.6. The Hall–Kier alpha value is -0.170. The van der Waals surface area contributed by atoms with Crippen molar-refractivity contribution in [2.24, 2.45) is 0 Å². The molecule has 2 fully saturated rings. The Morgan fingerprint density at radius 3 is 2.84 bits per heavy atom. The van der Waals surface area contributed by atoms with Gasteiger partial charge in [-0.15, -0.1) is 0 Å². The van der Waals surface area contributed by atoms with Gasteiger partial charge in [0, 0.05) is 19.2 Å². The molecular formula is C13H26N2O3S. The molecule has 0 aromatic rings. The molecule has 2 rings (SSSR count). The molecule has 19 heavy (non-hydrogen) atoms. The summed E-state index contributed by atoms with van der Waals surface area (Å²) in [5, 5.41) is 3.38. The first-order valence-corrected chi connectivity index (χ1v) is 8.99. The summed E-state index contributed by atoms with van der Waals surface area (Å²) >= 11 is 0. The number of hydrogen-bond acceptors (Lipinski definition) is 4. The lowest BCUT2D eigenvalue weighted by molar-refractivity contribution is 0.0250. The van der Waals surface area contributed by atoms with Crippen LogP contribution in [0.1, 0.15) is 45.4 Å². The van der Waals surface area contributed by atoms with Crippen LogP contribution in [0.2, 0.25) is 0 Å². The number of piperidine rings is 1. The van der Waals surface area contributed by atoms with Gasteiger partial charge in [0.2, 0.25) is 10.0 Å². The van der Waals surface area contributed by atoms with Crippen molar-refractivity contribution < 1.29 is 13.2 Å². The quantitative estimate of drug-likeness (QED) is 0.766. The molecule has 2 aliphatic heterocycles. The largest absolute Gasteiger partial charge is 0.374 e. The molecule has 2 atom stereocenters. The number of rotatable bonds is 6. The highest BCUT2D eigenvalue weighted by atomic mass is 32.2. The fourth-order valence-corrected chi connectivity index (χ4v) is 4.04. The molecule has 0 spiro atoms. The van der Waals surface area contributed by atoms with Crippen molar-refractivity contribution in [1.29, 1.82) is 0 Å². The van der Waals surface area contributed by atoms with Gasteiger partial charge >= 0.3 is 0 Å². The fourth-order valence-electron chi connectivity index (χ4n) is 2.78. The lowest BCUT2D eigenvalue weighted by Gasteiger charge is -2.25. The highest BCUT2D eigenvalue weighted by Gasteiger charge is 2.31. The van der Waals surface area contributed by atoms with E-state index in [0.29, 0.717) is 19.0 Å². The molecule has 2 heterocycles. The van der Waals surface area contributed by atoms with Gasteiger partial charge in [-0.2, -0.15) is 0 Å². The average molecular weight is 290 g/mol. The Labute approximate surface area is 116 Å². The summed E-state index contributed by atoms with van der Waals surface area (Å²) < 4.78 is 32.2. The molecule has 2 aliphatic rings. The van der Waals surface area contributed by atoms with Crippen molar-refractivity contribution in [1.82, 2.24) is 10.0 Å². The molecule has 0 bridgehead atoms. The van der Waals surface area contributed by atoms with E-state index in [1.807, 2.05) is 6.92 Å². The second-order valence-electron chi connectivity index (χ2n) is 5.98. The Morgan fingerprint density at radius 2 is 2.21 bits per heavy atom. The lowest BCUT2D eigenvalue weighted by Crippen LogP contribution is -2.42. The monoisotopic (exact) mass is 290 g/mol. The minimum atomic E-state index is -3.18. The molecule has 0 saturated carbocycles. The average Bonchev–Trinajstić information content (AvgIpc) is 2.84. The Kier molecular flexibility index (Phi) is 5.22. The maximum Gasteiger partial charge on any atom is 0.211 e. The molecule has 0 amide bonds. The van der Waals surface area contributed by atoms with E-state index < -0.39 is 10.0 Å². The molecule has 0 aromatic heterocycles. The van der Waals surface area contributed by atoms with Crippen LogP contribution in [0, 0.1) is 0 Å². The summed E-state index contributed by atoms with van der Waals surface area (Å²) in [6, 6.07) is 0.364. The first-order chi connectivity index (χ1) is 8.99. The number of ether oxygens (including phenoxy) is 1. The SMILES string of the molecule is CC1(CNS(=O)(=O)CCC2CCCCN2)CCCO1. The normalized spacial score (nSPS) is 32.6. The van der Waals surface area contributed by atoms with Gasteiger partial charge in [0.25, 0.3) is 0 Å². The van der Waals surface area contributed by atoms with E-state index in [4.69, 9.17) is 4.74 Å². The smallest absolute Gasteiger partial charge is 0.211 e. The van der Waals surface area contributed by atoms with E-state index in [1.165, 1.54) is 12.8 Å². The molecule has 6 heteroatoms. The van der Waals surface area contributed by atoms with Crippen LogP contribution in [0.25, 0.3) is 0 Å². The van der Waals surface area contributed by atoms with Gasteiger partial charge in [0.15, 0.2) is 0 Å². The highest BCUT2D eigenvalue weighted by molar-refractivity contribution is 7.89. The Morgan fingerprint density at radius 1 is 1.37 bits per heavy atom. The summed E-state index contributed by atoms with van der Waals surface area (Å²) in [5.74, 6) is 0.209. The summed E-state index contributed by atoms with van der Waals surface area (Å²) in [4.78, 5) is 0. The molecule has 2 unspecified atom stereocenters. The summed E-state index contributed by atoms with van der Waals surface area (Å²) in [6.45, 7) is 4.13. The maximum atomic E-state index is 12.0. The van der Waals surface area contributed by atoms with Gasteiger partial charge in [-0.25, -0.2) is 13.1 Å². The van der Waals surface area contributed by atoms with E-state index in [2.05, 4.69) is 10.0 Å². The van der Waals surface area contributed by atoms with Gasteiger partial charge in [0.05, 0.1) is 11.4 Å². The molecule has 2 N–H and O–H groups in total. The van der Waals surface area contributed by atoms with Crippen LogP contribution >= 0.6 is 0 Å². The highest BCUT2D eigenvalue weighted by Crippen LogP contribution is 2.24. The van der Waals surface area contributed by atoms with Gasteiger partial charge in [-0.3, -0.25) is 0 Å². The standard InChI is InChI=1S/C13H26N2O3S/c1-13(7-4-9-18-13)11-15-19(16,17)10-6-12-5-2-3-8-14-12/h12,14-15H,2-11H2,1H3. The fraction of sp³-hybridized carbons (Fsp3) is 1.00. The van der Waals surface area contributed by atoms with Crippen molar-refractivity contribution in [2.45, 2.75) is 57.1 Å². The summed E-state index contributed by atoms with van der Waals surface area (Å²) in [5.41, 5.74) is -0.309. The van der Waals surface area contributed by atoms with Crippen LogP contribution in [0.15, 0.2) is 0 Å². The lowest BCUT2D eigenvalue weighted by atomic mass is 10.0. The second-order valence-corrected chi connectivity index (χ2v) is 7.90. The minimum absolute atomic E-state index is 0.209. The molecule has 112 valence electrons. The van der Waals surface area contributed by atoms with Crippen LogP contribution in [0.5, 0.6) is 0 Å². The maximum absolute atomic E-state index is 12.0. The molecule has 2 saturated heterocycles. The van der Waals surface area contributed by atoms with Gasteiger partial charge in [-0.05, 0) is 45.6 Å². The van der Waals surface area contributed by atoms with Crippen LogP contribution in [-0.4, -0.2) is 45.5 Å². The van der Waals surface area contributed by atoms with E-state index in [9.17, 15) is 8.42 Å². The van der Waals surface area contributed by atoms with Crippen molar-refractivity contribution in [3.8, 4) is 0 Å². The predicted octanol–water partition coefficient (Wildman–Crippen LogP) is 1.01. The van der Waals surface area contributed by atoms with E-state index in [-0.39, 0.29) is 11.4 Å². The Balaban J connectivity index is 1.72. The third-order valence-electron chi connectivity index (χ3n) is 4.11. The molecule has 5 nitrogen and oxygen atoms in total. The van der Waals surface area contributed by atoms with Crippen molar-refractivity contribution >= 4 is 10.0 Å². The molecular weight excluding hydrogens is 264 g/mol. The molecule has 0 radical (unpaired) electrons. The van der Waals surface area contributed by atoms with Gasteiger partial charge in [-0.1, -0.05) is 6.42 Å². The van der Waals surface area contributed by atoms with Gasteiger partial charge in [0.1, 0.15) is 0 Å². The molecule has 0 aliphatic carbocycles. The van der Waals surface area contributed by atoms with Crippen LogP contribution in [0.4, 0.5) is 0 Å². The topological polar surface area (TPSA) is 67.4 Å². The predicted molar refractivity (Wildman–Crippen MR) is 75.6 cm³/mol. The zero-order chi connectivity index (χ0) is 13.8. The van der Waals surface area contributed by atoms with E-state index in [0.717, 1.165) is 32.4 Å². The zero-order valence-electron chi connectivity index (χ0n) is 11.8. The Bertz CT molecular complexity index is 371. The van der Waals surface area contributed by atoms with Crippen molar-refractivity contribution in [2.75, 3.05) is 25.4 Å². The second kappa shape index (κ2) is 6.52.